The monoisotopic (exact) mass is 230 g/mol. The summed E-state index contributed by atoms with van der Waals surface area (Å²) in [6.07, 6.45) is 6.59. The molecule has 0 spiro atoms. The van der Waals surface area contributed by atoms with Gasteiger partial charge < -0.3 is 5.32 Å². The zero-order valence-electron chi connectivity index (χ0n) is 10.5. The van der Waals surface area contributed by atoms with Gasteiger partial charge in [0.1, 0.15) is 0 Å². The Morgan fingerprint density at radius 1 is 1.35 bits per heavy atom. The number of nitrogens with zero attached hydrogens (tertiary/aromatic N) is 3. The Morgan fingerprint density at radius 3 is 2.71 bits per heavy atom. The summed E-state index contributed by atoms with van der Waals surface area (Å²) in [7, 11) is 1.95. The lowest BCUT2D eigenvalue weighted by atomic mass is 10.1. The van der Waals surface area contributed by atoms with E-state index in [0.717, 1.165) is 17.8 Å². The van der Waals surface area contributed by atoms with Gasteiger partial charge in [0.2, 0.25) is 0 Å². The normalized spacial score (nSPS) is 12.4. The van der Waals surface area contributed by atoms with Crippen LogP contribution in [0.25, 0.3) is 0 Å². The van der Waals surface area contributed by atoms with Gasteiger partial charge in [0.25, 0.3) is 0 Å². The molecule has 4 nitrogen and oxygen atoms in total. The third kappa shape index (κ3) is 2.64. The van der Waals surface area contributed by atoms with Gasteiger partial charge in [0, 0.05) is 31.7 Å². The van der Waals surface area contributed by atoms with Crippen molar-refractivity contribution in [2.45, 2.75) is 26.3 Å². The topological polar surface area (TPSA) is 42.7 Å². The number of pyridine rings is 1. The van der Waals surface area contributed by atoms with Crippen molar-refractivity contribution < 1.29 is 0 Å². The van der Waals surface area contributed by atoms with Crippen molar-refractivity contribution in [3.8, 4) is 0 Å². The van der Waals surface area contributed by atoms with Crippen LogP contribution in [0.1, 0.15) is 31.1 Å². The SMILES string of the molecule is CCc1nn(C)cc1NC(C)c1ccncc1. The van der Waals surface area contributed by atoms with Gasteiger partial charge in [-0.1, -0.05) is 6.92 Å². The van der Waals surface area contributed by atoms with Gasteiger partial charge >= 0.3 is 0 Å². The second kappa shape index (κ2) is 4.99. The number of anilines is 1. The van der Waals surface area contributed by atoms with Crippen molar-refractivity contribution in [1.29, 1.82) is 0 Å². The van der Waals surface area contributed by atoms with E-state index in [-0.39, 0.29) is 6.04 Å². The lowest BCUT2D eigenvalue weighted by Gasteiger charge is -2.14. The van der Waals surface area contributed by atoms with Gasteiger partial charge in [-0.2, -0.15) is 5.10 Å². The molecule has 0 saturated heterocycles. The van der Waals surface area contributed by atoms with E-state index < -0.39 is 0 Å². The van der Waals surface area contributed by atoms with Crippen LogP contribution in [0.5, 0.6) is 0 Å². The van der Waals surface area contributed by atoms with Crippen molar-refractivity contribution in [2.75, 3.05) is 5.32 Å². The van der Waals surface area contributed by atoms with Crippen molar-refractivity contribution >= 4 is 5.69 Å². The van der Waals surface area contributed by atoms with E-state index in [2.05, 4.69) is 29.2 Å². The molecule has 90 valence electrons. The fourth-order valence-corrected chi connectivity index (χ4v) is 1.88. The zero-order valence-corrected chi connectivity index (χ0v) is 10.5. The van der Waals surface area contributed by atoms with Crippen LogP contribution in [0.15, 0.2) is 30.7 Å². The first-order valence-corrected chi connectivity index (χ1v) is 5.89. The quantitative estimate of drug-likeness (QED) is 0.877. The van der Waals surface area contributed by atoms with E-state index in [1.54, 1.807) is 0 Å². The molecule has 0 fully saturated rings. The zero-order chi connectivity index (χ0) is 12.3. The Hall–Kier alpha value is -1.84. The molecule has 0 aliphatic carbocycles. The second-order valence-electron chi connectivity index (χ2n) is 4.16. The fourth-order valence-electron chi connectivity index (χ4n) is 1.88. The lowest BCUT2D eigenvalue weighted by molar-refractivity contribution is 0.746. The van der Waals surface area contributed by atoms with Crippen LogP contribution < -0.4 is 5.32 Å². The number of hydrogen-bond acceptors (Lipinski definition) is 3. The Bertz CT molecular complexity index is 475. The summed E-state index contributed by atoms with van der Waals surface area (Å²) in [5.74, 6) is 0. The van der Waals surface area contributed by atoms with E-state index in [1.165, 1.54) is 5.56 Å². The molecule has 0 radical (unpaired) electrons. The highest BCUT2D eigenvalue weighted by atomic mass is 15.3. The second-order valence-corrected chi connectivity index (χ2v) is 4.16. The summed E-state index contributed by atoms with van der Waals surface area (Å²) in [4.78, 5) is 4.03. The number of nitrogens with one attached hydrogen (secondary N) is 1. The highest BCUT2D eigenvalue weighted by Crippen LogP contribution is 2.21. The standard InChI is InChI=1S/C13H18N4/c1-4-12-13(9-17(3)16-12)15-10(2)11-5-7-14-8-6-11/h5-10,15H,4H2,1-3H3. The smallest absolute Gasteiger partial charge is 0.0853 e. The van der Waals surface area contributed by atoms with Crippen LogP contribution in [0, 0.1) is 0 Å². The van der Waals surface area contributed by atoms with Gasteiger partial charge in [0.05, 0.1) is 11.4 Å². The minimum Gasteiger partial charge on any atom is -0.376 e. The summed E-state index contributed by atoms with van der Waals surface area (Å²) < 4.78 is 1.85. The van der Waals surface area contributed by atoms with E-state index in [9.17, 15) is 0 Å². The highest BCUT2D eigenvalue weighted by Gasteiger charge is 2.10. The maximum absolute atomic E-state index is 4.42. The molecule has 0 saturated carbocycles. The van der Waals surface area contributed by atoms with Crippen molar-refractivity contribution in [3.05, 3.63) is 42.0 Å². The molecule has 0 aliphatic heterocycles. The van der Waals surface area contributed by atoms with E-state index in [4.69, 9.17) is 0 Å². The molecule has 17 heavy (non-hydrogen) atoms. The molecular formula is C13H18N4. The largest absolute Gasteiger partial charge is 0.376 e. The first-order chi connectivity index (χ1) is 8.20. The summed E-state index contributed by atoms with van der Waals surface area (Å²) in [6.45, 7) is 4.26. The number of aryl methyl sites for hydroxylation is 2. The molecule has 2 heterocycles. The third-order valence-electron chi connectivity index (χ3n) is 2.82. The van der Waals surface area contributed by atoms with Gasteiger partial charge in [-0.05, 0) is 31.0 Å². The molecule has 1 atom stereocenters. The molecule has 1 unspecified atom stereocenters. The fraction of sp³-hybridized carbons (Fsp3) is 0.385. The molecule has 2 aromatic heterocycles. The van der Waals surface area contributed by atoms with Gasteiger partial charge in [-0.3, -0.25) is 9.67 Å². The number of hydrogen-bond donors (Lipinski definition) is 1. The number of rotatable bonds is 4. The predicted molar refractivity (Wildman–Crippen MR) is 68.9 cm³/mol. The van der Waals surface area contributed by atoms with E-state index in [0.29, 0.717) is 0 Å². The van der Waals surface area contributed by atoms with E-state index >= 15 is 0 Å². The molecular weight excluding hydrogens is 212 g/mol. The Morgan fingerprint density at radius 2 is 2.06 bits per heavy atom. The molecule has 4 heteroatoms. The van der Waals surface area contributed by atoms with Crippen LogP contribution in [0.3, 0.4) is 0 Å². The molecule has 0 amide bonds. The molecule has 2 aromatic rings. The number of aromatic nitrogens is 3. The molecule has 2 rings (SSSR count). The molecule has 1 N–H and O–H groups in total. The molecule has 0 aromatic carbocycles. The summed E-state index contributed by atoms with van der Waals surface area (Å²) >= 11 is 0. The maximum Gasteiger partial charge on any atom is 0.0853 e. The van der Waals surface area contributed by atoms with Gasteiger partial charge in [-0.15, -0.1) is 0 Å². The molecule has 0 bridgehead atoms. The highest BCUT2D eigenvalue weighted by molar-refractivity contribution is 5.48. The van der Waals surface area contributed by atoms with Crippen molar-refractivity contribution in [1.82, 2.24) is 14.8 Å². The summed E-state index contributed by atoms with van der Waals surface area (Å²) in [5, 5.41) is 7.91. The lowest BCUT2D eigenvalue weighted by Crippen LogP contribution is -2.07. The van der Waals surface area contributed by atoms with Gasteiger partial charge in [-0.25, -0.2) is 0 Å². The van der Waals surface area contributed by atoms with Crippen LogP contribution >= 0.6 is 0 Å². The van der Waals surface area contributed by atoms with Crippen LogP contribution in [0.2, 0.25) is 0 Å². The van der Waals surface area contributed by atoms with Crippen molar-refractivity contribution in [2.24, 2.45) is 7.05 Å². The minimum absolute atomic E-state index is 0.257. The Labute approximate surface area is 102 Å². The average molecular weight is 230 g/mol. The summed E-state index contributed by atoms with van der Waals surface area (Å²) in [6, 6.07) is 4.31. The first kappa shape index (κ1) is 11.6. The minimum atomic E-state index is 0.257. The Kier molecular flexibility index (Phi) is 3.42. The molecule has 0 aliphatic rings. The average Bonchev–Trinajstić information content (AvgIpc) is 2.70. The van der Waals surface area contributed by atoms with Crippen LogP contribution in [-0.4, -0.2) is 14.8 Å². The van der Waals surface area contributed by atoms with E-state index in [1.807, 2.05) is 42.5 Å². The summed E-state index contributed by atoms with van der Waals surface area (Å²) in [5.41, 5.74) is 3.44. The Balaban J connectivity index is 2.15. The van der Waals surface area contributed by atoms with Gasteiger partial charge in [0.15, 0.2) is 0 Å². The third-order valence-corrected chi connectivity index (χ3v) is 2.82. The van der Waals surface area contributed by atoms with Crippen molar-refractivity contribution in [3.63, 3.8) is 0 Å². The van der Waals surface area contributed by atoms with Crippen LogP contribution in [0.4, 0.5) is 5.69 Å². The van der Waals surface area contributed by atoms with Crippen LogP contribution in [-0.2, 0) is 13.5 Å². The predicted octanol–water partition coefficient (Wildman–Crippen LogP) is 2.55. The first-order valence-electron chi connectivity index (χ1n) is 5.89. The maximum atomic E-state index is 4.42.